The third kappa shape index (κ3) is 2.73. The fourth-order valence-electron chi connectivity index (χ4n) is 5.45. The molecular formula is C27H18ClNO5. The van der Waals surface area contributed by atoms with Crippen molar-refractivity contribution in [3.63, 3.8) is 0 Å². The number of ether oxygens (including phenoxy) is 1. The summed E-state index contributed by atoms with van der Waals surface area (Å²) in [6, 6.07) is 22.2. The fourth-order valence-corrected chi connectivity index (χ4v) is 5.57. The first-order chi connectivity index (χ1) is 16.4. The van der Waals surface area contributed by atoms with Crippen molar-refractivity contribution in [2.45, 2.75) is 18.2 Å². The highest BCUT2D eigenvalue weighted by molar-refractivity contribution is 6.35. The van der Waals surface area contributed by atoms with Crippen molar-refractivity contribution in [3.05, 3.63) is 106 Å². The van der Waals surface area contributed by atoms with E-state index in [0.29, 0.717) is 16.1 Å². The number of benzene rings is 3. The first-order valence-corrected chi connectivity index (χ1v) is 11.3. The zero-order chi connectivity index (χ0) is 23.6. The molecule has 6 rings (SSSR count). The number of carbonyl (C=O) groups excluding carboxylic acids is 4. The molecule has 1 spiro atoms. The van der Waals surface area contributed by atoms with E-state index in [-0.39, 0.29) is 17.7 Å². The average molecular weight is 472 g/mol. The molecule has 0 N–H and O–H groups in total. The van der Waals surface area contributed by atoms with Crippen LogP contribution in [-0.2, 0) is 20.9 Å². The molecule has 34 heavy (non-hydrogen) atoms. The lowest BCUT2D eigenvalue weighted by atomic mass is 9.77. The Hall–Kier alpha value is -3.61. The monoisotopic (exact) mass is 471 g/mol. The van der Waals surface area contributed by atoms with Gasteiger partial charge in [0.15, 0.2) is 0 Å². The maximum Gasteiger partial charge on any atom is 0.237 e. The van der Waals surface area contributed by atoms with Gasteiger partial charge in [0.2, 0.25) is 29.0 Å². The summed E-state index contributed by atoms with van der Waals surface area (Å²) in [6.07, 6.45) is -0.903. The molecule has 1 aliphatic carbocycles. The molecule has 0 saturated carbocycles. The SMILES string of the molecule is O=C1[C@@H]2[C@H](c3ccccc3)OC3(C(=O)c4ccccc4C3=O)[C@H]2C(=O)N1Cc1ccc(Cl)cc1. The Morgan fingerprint density at radius 2 is 1.35 bits per heavy atom. The maximum atomic E-state index is 13.7. The van der Waals surface area contributed by atoms with Crippen molar-refractivity contribution < 1.29 is 23.9 Å². The second-order valence-electron chi connectivity index (χ2n) is 8.78. The van der Waals surface area contributed by atoms with Gasteiger partial charge in [0.1, 0.15) is 0 Å². The summed E-state index contributed by atoms with van der Waals surface area (Å²) in [5.74, 6) is -4.36. The minimum Gasteiger partial charge on any atom is -0.349 e. The van der Waals surface area contributed by atoms with Crippen LogP contribution in [0.3, 0.4) is 0 Å². The topological polar surface area (TPSA) is 80.8 Å². The van der Waals surface area contributed by atoms with E-state index in [1.165, 1.54) is 0 Å². The Kier molecular flexibility index (Phi) is 4.59. The predicted octanol–water partition coefficient (Wildman–Crippen LogP) is 4.03. The van der Waals surface area contributed by atoms with Crippen LogP contribution in [0, 0.1) is 11.8 Å². The minimum atomic E-state index is -2.05. The third-order valence-electron chi connectivity index (χ3n) is 6.99. The highest BCUT2D eigenvalue weighted by Gasteiger charge is 2.74. The molecule has 2 amide bonds. The minimum absolute atomic E-state index is 0.0226. The molecule has 3 aliphatic rings. The molecule has 3 atom stereocenters. The highest BCUT2D eigenvalue weighted by atomic mass is 35.5. The summed E-state index contributed by atoms with van der Waals surface area (Å²) in [6.45, 7) is 0.0226. The summed E-state index contributed by atoms with van der Waals surface area (Å²) in [5.41, 5.74) is -0.256. The van der Waals surface area contributed by atoms with Crippen LogP contribution in [0.1, 0.15) is 37.9 Å². The standard InChI is InChI=1S/C27H18ClNO5/c28-17-12-10-15(11-13-17)14-29-25(32)20-21(26(29)33)27(34-22(20)16-6-2-1-3-7-16)23(30)18-8-4-5-9-19(18)24(27)31/h1-13,20-22H,14H2/t20-,21+,22-/m0/s1. The number of likely N-dealkylation sites (tertiary alicyclic amines) is 1. The molecule has 0 aromatic heterocycles. The smallest absolute Gasteiger partial charge is 0.237 e. The van der Waals surface area contributed by atoms with E-state index < -0.39 is 46.9 Å². The van der Waals surface area contributed by atoms with Crippen molar-refractivity contribution >= 4 is 35.0 Å². The lowest BCUT2D eigenvalue weighted by molar-refractivity contribution is -0.145. The number of hydrogen-bond acceptors (Lipinski definition) is 5. The van der Waals surface area contributed by atoms with E-state index >= 15 is 0 Å². The van der Waals surface area contributed by atoms with Crippen molar-refractivity contribution in [3.8, 4) is 0 Å². The van der Waals surface area contributed by atoms with Crippen LogP contribution < -0.4 is 0 Å². The van der Waals surface area contributed by atoms with E-state index in [2.05, 4.69) is 0 Å². The normalized spacial score (nSPS) is 24.7. The molecule has 3 aromatic carbocycles. The number of rotatable bonds is 3. The molecule has 0 unspecified atom stereocenters. The van der Waals surface area contributed by atoms with Crippen LogP contribution in [0.2, 0.25) is 5.02 Å². The van der Waals surface area contributed by atoms with Gasteiger partial charge in [-0.2, -0.15) is 0 Å². The van der Waals surface area contributed by atoms with Crippen molar-refractivity contribution in [2.75, 3.05) is 0 Å². The highest BCUT2D eigenvalue weighted by Crippen LogP contribution is 2.57. The zero-order valence-corrected chi connectivity index (χ0v) is 18.6. The number of imide groups is 1. The lowest BCUT2D eigenvalue weighted by Gasteiger charge is -2.27. The number of fused-ring (bicyclic) bond motifs is 3. The molecular weight excluding hydrogens is 454 g/mol. The van der Waals surface area contributed by atoms with Crippen LogP contribution in [0.4, 0.5) is 0 Å². The van der Waals surface area contributed by atoms with Gasteiger partial charge >= 0.3 is 0 Å². The number of carbonyl (C=O) groups is 4. The lowest BCUT2D eigenvalue weighted by Crippen LogP contribution is -2.50. The number of hydrogen-bond donors (Lipinski definition) is 0. The van der Waals surface area contributed by atoms with E-state index in [1.807, 2.05) is 6.07 Å². The molecule has 6 nitrogen and oxygen atoms in total. The first kappa shape index (κ1) is 21.0. The summed E-state index contributed by atoms with van der Waals surface area (Å²) in [7, 11) is 0. The summed E-state index contributed by atoms with van der Waals surface area (Å²) >= 11 is 5.97. The van der Waals surface area contributed by atoms with Crippen LogP contribution in [0.15, 0.2) is 78.9 Å². The van der Waals surface area contributed by atoms with E-state index in [1.54, 1.807) is 72.8 Å². The third-order valence-corrected chi connectivity index (χ3v) is 7.24. The molecule has 0 bridgehead atoms. The van der Waals surface area contributed by atoms with Gasteiger partial charge in [0, 0.05) is 16.1 Å². The Labute approximate surface area is 200 Å². The van der Waals surface area contributed by atoms with Gasteiger partial charge in [-0.05, 0) is 23.3 Å². The molecule has 168 valence electrons. The van der Waals surface area contributed by atoms with E-state index in [4.69, 9.17) is 16.3 Å². The molecule has 2 saturated heterocycles. The Bertz CT molecular complexity index is 1330. The number of halogens is 1. The van der Waals surface area contributed by atoms with Gasteiger partial charge in [-0.25, -0.2) is 0 Å². The number of ketones is 2. The van der Waals surface area contributed by atoms with Gasteiger partial charge in [0.05, 0.1) is 24.5 Å². The largest absolute Gasteiger partial charge is 0.349 e. The maximum absolute atomic E-state index is 13.7. The second kappa shape index (κ2) is 7.45. The van der Waals surface area contributed by atoms with E-state index in [0.717, 1.165) is 4.90 Å². The number of Topliss-reactive ketones (excluding diaryl/α,β-unsaturated/α-hetero) is 2. The van der Waals surface area contributed by atoms with E-state index in [9.17, 15) is 19.2 Å². The fraction of sp³-hybridized carbons (Fsp3) is 0.185. The van der Waals surface area contributed by atoms with Gasteiger partial charge in [-0.15, -0.1) is 0 Å². The Morgan fingerprint density at radius 1 is 0.765 bits per heavy atom. The average Bonchev–Trinajstić information content (AvgIpc) is 3.42. The Morgan fingerprint density at radius 3 is 1.97 bits per heavy atom. The van der Waals surface area contributed by atoms with Gasteiger partial charge in [-0.3, -0.25) is 24.1 Å². The quantitative estimate of drug-likeness (QED) is 0.425. The van der Waals surface area contributed by atoms with Gasteiger partial charge in [-0.1, -0.05) is 78.3 Å². The zero-order valence-electron chi connectivity index (χ0n) is 17.8. The van der Waals surface area contributed by atoms with Gasteiger partial charge in [0.25, 0.3) is 0 Å². The van der Waals surface area contributed by atoms with Crippen LogP contribution >= 0.6 is 11.6 Å². The summed E-state index contributed by atoms with van der Waals surface area (Å²) in [5, 5.41) is 0.538. The number of nitrogens with zero attached hydrogens (tertiary/aromatic N) is 1. The molecule has 2 aliphatic heterocycles. The molecule has 7 heteroatoms. The first-order valence-electron chi connectivity index (χ1n) is 10.9. The van der Waals surface area contributed by atoms with Crippen LogP contribution in [0.25, 0.3) is 0 Å². The van der Waals surface area contributed by atoms with Gasteiger partial charge < -0.3 is 4.74 Å². The van der Waals surface area contributed by atoms with Crippen LogP contribution in [-0.4, -0.2) is 33.9 Å². The molecule has 2 heterocycles. The molecule has 3 aromatic rings. The molecule has 2 fully saturated rings. The summed E-state index contributed by atoms with van der Waals surface area (Å²) in [4.78, 5) is 55.9. The number of amides is 2. The second-order valence-corrected chi connectivity index (χ2v) is 9.22. The van der Waals surface area contributed by atoms with Crippen LogP contribution in [0.5, 0.6) is 0 Å². The van der Waals surface area contributed by atoms with Crippen molar-refractivity contribution in [1.29, 1.82) is 0 Å². The van der Waals surface area contributed by atoms with Crippen molar-refractivity contribution in [2.24, 2.45) is 11.8 Å². The molecule has 0 radical (unpaired) electrons. The Balaban J connectivity index is 1.48. The van der Waals surface area contributed by atoms with Crippen molar-refractivity contribution in [1.82, 2.24) is 4.90 Å². The summed E-state index contributed by atoms with van der Waals surface area (Å²) < 4.78 is 6.24. The predicted molar refractivity (Wildman–Crippen MR) is 122 cm³/mol.